The van der Waals surface area contributed by atoms with Crippen LogP contribution in [0, 0.1) is 6.92 Å². The summed E-state index contributed by atoms with van der Waals surface area (Å²) < 4.78 is 4.76. The van der Waals surface area contributed by atoms with Crippen LogP contribution in [0.3, 0.4) is 0 Å². The van der Waals surface area contributed by atoms with E-state index in [1.807, 2.05) is 0 Å². The SMILES string of the molecule is CCCCCCc1[nH]c(=O)c(N)c(C)c1C(=O)OC. The number of H-pyrrole nitrogens is 1. The molecule has 0 aliphatic rings. The predicted molar refractivity (Wildman–Crippen MR) is 75.4 cm³/mol. The molecule has 0 fully saturated rings. The minimum absolute atomic E-state index is 0.0812. The quantitative estimate of drug-likeness (QED) is 0.610. The van der Waals surface area contributed by atoms with Crippen LogP contribution in [0.15, 0.2) is 4.79 Å². The first-order chi connectivity index (χ1) is 9.02. The standard InChI is InChI=1S/C14H22N2O3/c1-4-5-6-7-8-10-11(14(18)19-3)9(2)12(15)13(17)16-10/h4-8,15H2,1-3H3,(H,16,17). The predicted octanol–water partition coefficient (Wildman–Crippen LogP) is 2.17. The first kappa shape index (κ1) is 15.3. The Morgan fingerprint density at radius 1 is 1.32 bits per heavy atom. The number of carbonyl (C=O) groups is 1. The number of aromatic amines is 1. The van der Waals surface area contributed by atoms with E-state index >= 15 is 0 Å². The molecule has 106 valence electrons. The molecule has 0 saturated heterocycles. The number of nitrogen functional groups attached to an aromatic ring is 1. The van der Waals surface area contributed by atoms with E-state index in [0.29, 0.717) is 23.2 Å². The Morgan fingerprint density at radius 2 is 2.00 bits per heavy atom. The highest BCUT2D eigenvalue weighted by molar-refractivity contribution is 5.93. The summed E-state index contributed by atoms with van der Waals surface area (Å²) in [6.45, 7) is 3.81. The molecule has 0 aromatic carbocycles. The van der Waals surface area contributed by atoms with Gasteiger partial charge in [-0.05, 0) is 25.3 Å². The Labute approximate surface area is 113 Å². The monoisotopic (exact) mass is 266 g/mol. The molecule has 0 bridgehead atoms. The third-order valence-corrected chi connectivity index (χ3v) is 3.26. The van der Waals surface area contributed by atoms with Crippen molar-refractivity contribution < 1.29 is 9.53 Å². The lowest BCUT2D eigenvalue weighted by molar-refractivity contribution is 0.0598. The summed E-state index contributed by atoms with van der Waals surface area (Å²) >= 11 is 0. The Kier molecular flexibility index (Phi) is 5.60. The van der Waals surface area contributed by atoms with Gasteiger partial charge in [0.2, 0.25) is 0 Å². The van der Waals surface area contributed by atoms with Gasteiger partial charge in [0.05, 0.1) is 12.7 Å². The van der Waals surface area contributed by atoms with E-state index in [9.17, 15) is 9.59 Å². The van der Waals surface area contributed by atoms with Gasteiger partial charge in [-0.2, -0.15) is 0 Å². The number of nitrogens with one attached hydrogen (secondary N) is 1. The molecule has 0 spiro atoms. The lowest BCUT2D eigenvalue weighted by atomic mass is 10.0. The van der Waals surface area contributed by atoms with Crippen LogP contribution in [0.1, 0.15) is 54.2 Å². The van der Waals surface area contributed by atoms with Crippen molar-refractivity contribution in [2.75, 3.05) is 12.8 Å². The number of esters is 1. The van der Waals surface area contributed by atoms with Crippen molar-refractivity contribution in [1.82, 2.24) is 4.98 Å². The molecular weight excluding hydrogens is 244 g/mol. The minimum Gasteiger partial charge on any atom is -0.465 e. The van der Waals surface area contributed by atoms with Crippen molar-refractivity contribution in [3.8, 4) is 0 Å². The number of ether oxygens (including phenoxy) is 1. The summed E-state index contributed by atoms with van der Waals surface area (Å²) in [7, 11) is 1.32. The Bertz CT molecular complexity index is 506. The Morgan fingerprint density at radius 3 is 2.58 bits per heavy atom. The number of hydrogen-bond acceptors (Lipinski definition) is 4. The fourth-order valence-corrected chi connectivity index (χ4v) is 2.09. The third kappa shape index (κ3) is 3.59. The second-order valence-electron chi connectivity index (χ2n) is 4.65. The van der Waals surface area contributed by atoms with Crippen molar-refractivity contribution in [2.45, 2.75) is 46.0 Å². The van der Waals surface area contributed by atoms with E-state index < -0.39 is 5.97 Å². The largest absolute Gasteiger partial charge is 0.465 e. The molecule has 0 aliphatic heterocycles. The van der Waals surface area contributed by atoms with Gasteiger partial charge in [-0.25, -0.2) is 4.79 Å². The molecule has 1 aromatic rings. The number of aromatic nitrogens is 1. The van der Waals surface area contributed by atoms with Crippen LogP contribution >= 0.6 is 0 Å². The van der Waals surface area contributed by atoms with Gasteiger partial charge in [-0.1, -0.05) is 26.2 Å². The van der Waals surface area contributed by atoms with Gasteiger partial charge < -0.3 is 15.5 Å². The van der Waals surface area contributed by atoms with Crippen LogP contribution in [-0.2, 0) is 11.2 Å². The van der Waals surface area contributed by atoms with Gasteiger partial charge >= 0.3 is 5.97 Å². The normalized spacial score (nSPS) is 10.5. The summed E-state index contributed by atoms with van der Waals surface area (Å²) in [5.41, 5.74) is 6.94. The highest BCUT2D eigenvalue weighted by atomic mass is 16.5. The average molecular weight is 266 g/mol. The number of aryl methyl sites for hydroxylation is 1. The number of hydrogen-bond donors (Lipinski definition) is 2. The van der Waals surface area contributed by atoms with E-state index in [4.69, 9.17) is 10.5 Å². The third-order valence-electron chi connectivity index (χ3n) is 3.26. The van der Waals surface area contributed by atoms with Gasteiger partial charge in [0.25, 0.3) is 5.56 Å². The highest BCUT2D eigenvalue weighted by Crippen LogP contribution is 2.18. The Hall–Kier alpha value is -1.78. The zero-order chi connectivity index (χ0) is 14.4. The Balaban J connectivity index is 3.07. The maximum Gasteiger partial charge on any atom is 0.339 e. The van der Waals surface area contributed by atoms with Crippen molar-refractivity contribution in [2.24, 2.45) is 0 Å². The summed E-state index contributed by atoms with van der Waals surface area (Å²) in [5, 5.41) is 0. The van der Waals surface area contributed by atoms with Gasteiger partial charge in [-0.15, -0.1) is 0 Å². The molecule has 5 nitrogen and oxygen atoms in total. The first-order valence-corrected chi connectivity index (χ1v) is 6.62. The molecule has 1 rings (SSSR count). The van der Waals surface area contributed by atoms with Crippen LogP contribution < -0.4 is 11.3 Å². The highest BCUT2D eigenvalue weighted by Gasteiger charge is 2.19. The zero-order valence-corrected chi connectivity index (χ0v) is 11.8. The van der Waals surface area contributed by atoms with E-state index in [0.717, 1.165) is 25.7 Å². The number of pyridine rings is 1. The van der Waals surface area contributed by atoms with Crippen molar-refractivity contribution >= 4 is 11.7 Å². The van der Waals surface area contributed by atoms with Crippen LogP contribution in [0.5, 0.6) is 0 Å². The number of nitrogens with two attached hydrogens (primary N) is 1. The van der Waals surface area contributed by atoms with E-state index in [1.165, 1.54) is 7.11 Å². The molecule has 19 heavy (non-hydrogen) atoms. The lowest BCUT2D eigenvalue weighted by Gasteiger charge is -2.12. The number of carbonyl (C=O) groups excluding carboxylic acids is 1. The fraction of sp³-hybridized carbons (Fsp3) is 0.571. The second kappa shape index (κ2) is 6.97. The molecule has 1 heterocycles. The average Bonchev–Trinajstić information content (AvgIpc) is 2.40. The molecule has 0 atom stereocenters. The second-order valence-corrected chi connectivity index (χ2v) is 4.65. The fourth-order valence-electron chi connectivity index (χ4n) is 2.09. The summed E-state index contributed by atoms with van der Waals surface area (Å²) in [5.74, 6) is -0.453. The van der Waals surface area contributed by atoms with Crippen molar-refractivity contribution in [1.29, 1.82) is 0 Å². The molecule has 0 radical (unpaired) electrons. The summed E-state index contributed by atoms with van der Waals surface area (Å²) in [4.78, 5) is 26.2. The van der Waals surface area contributed by atoms with Crippen LogP contribution in [0.25, 0.3) is 0 Å². The molecule has 0 amide bonds. The molecular formula is C14H22N2O3. The van der Waals surface area contributed by atoms with Gasteiger partial charge in [0.1, 0.15) is 5.69 Å². The summed E-state index contributed by atoms with van der Waals surface area (Å²) in [6.07, 6.45) is 4.94. The lowest BCUT2D eigenvalue weighted by Crippen LogP contribution is -2.21. The van der Waals surface area contributed by atoms with Crippen molar-refractivity contribution in [3.05, 3.63) is 27.2 Å². The van der Waals surface area contributed by atoms with E-state index in [1.54, 1.807) is 6.92 Å². The molecule has 0 unspecified atom stereocenters. The molecule has 3 N–H and O–H groups in total. The van der Waals surface area contributed by atoms with Gasteiger partial charge in [0, 0.05) is 5.69 Å². The smallest absolute Gasteiger partial charge is 0.339 e. The summed E-state index contributed by atoms with van der Waals surface area (Å²) in [6, 6.07) is 0. The topological polar surface area (TPSA) is 85.2 Å². The molecule has 1 aromatic heterocycles. The molecule has 5 heteroatoms. The molecule has 0 aliphatic carbocycles. The minimum atomic E-state index is -0.453. The van der Waals surface area contributed by atoms with Gasteiger partial charge in [-0.3, -0.25) is 4.79 Å². The van der Waals surface area contributed by atoms with E-state index in [2.05, 4.69) is 11.9 Å². The maximum atomic E-state index is 11.8. The number of unbranched alkanes of at least 4 members (excludes halogenated alkanes) is 3. The first-order valence-electron chi connectivity index (χ1n) is 6.62. The van der Waals surface area contributed by atoms with Gasteiger partial charge in [0.15, 0.2) is 0 Å². The van der Waals surface area contributed by atoms with Crippen molar-refractivity contribution in [3.63, 3.8) is 0 Å². The molecule has 0 saturated carbocycles. The number of rotatable bonds is 6. The maximum absolute atomic E-state index is 11.8. The number of methoxy groups -OCH3 is 1. The van der Waals surface area contributed by atoms with Crippen LogP contribution in [-0.4, -0.2) is 18.1 Å². The van der Waals surface area contributed by atoms with Crippen LogP contribution in [0.2, 0.25) is 0 Å². The zero-order valence-electron chi connectivity index (χ0n) is 11.8. The van der Waals surface area contributed by atoms with Crippen LogP contribution in [0.4, 0.5) is 5.69 Å². The number of anilines is 1. The van der Waals surface area contributed by atoms with E-state index in [-0.39, 0.29) is 11.2 Å².